The maximum Gasteiger partial charge on any atom is 0.248 e. The quantitative estimate of drug-likeness (QED) is 0.707. The van der Waals surface area contributed by atoms with Crippen LogP contribution in [0.5, 0.6) is 0 Å². The predicted octanol–water partition coefficient (Wildman–Crippen LogP) is 2.86. The van der Waals surface area contributed by atoms with Gasteiger partial charge < -0.3 is 15.3 Å². The molecule has 1 aliphatic carbocycles. The molecule has 2 unspecified atom stereocenters. The molecule has 0 radical (unpaired) electrons. The predicted molar refractivity (Wildman–Crippen MR) is 89.6 cm³/mol. The highest BCUT2D eigenvalue weighted by Gasteiger charge is 2.28. The Hall–Kier alpha value is -2.34. The van der Waals surface area contributed by atoms with Gasteiger partial charge in [-0.3, -0.25) is 4.79 Å². The molecule has 6 nitrogen and oxygen atoms in total. The minimum absolute atomic E-state index is 0.0512. The zero-order valence-corrected chi connectivity index (χ0v) is 13.1. The molecule has 3 N–H and O–H groups in total. The number of pyridine rings is 1. The Morgan fingerprint density at radius 3 is 3.00 bits per heavy atom. The van der Waals surface area contributed by atoms with Crippen LogP contribution < -0.4 is 11.3 Å². The van der Waals surface area contributed by atoms with Gasteiger partial charge in [0.15, 0.2) is 0 Å². The number of fused-ring (bicyclic) bond motifs is 1. The summed E-state index contributed by atoms with van der Waals surface area (Å²) in [6, 6.07) is 5.93. The molecule has 3 aromatic heterocycles. The zero-order chi connectivity index (χ0) is 16.0. The summed E-state index contributed by atoms with van der Waals surface area (Å²) in [7, 11) is 0. The first kappa shape index (κ1) is 14.3. The molecule has 7 heteroatoms. The molecule has 0 aromatic carbocycles. The van der Waals surface area contributed by atoms with E-state index in [2.05, 4.69) is 19.5 Å². The van der Waals surface area contributed by atoms with Crippen LogP contribution in [0.3, 0.4) is 0 Å². The van der Waals surface area contributed by atoms with Crippen molar-refractivity contribution in [2.24, 2.45) is 0 Å². The van der Waals surface area contributed by atoms with E-state index in [0.717, 1.165) is 35.9 Å². The Bertz CT molecular complexity index is 932. The fourth-order valence-corrected chi connectivity index (χ4v) is 3.72. The van der Waals surface area contributed by atoms with Crippen molar-refractivity contribution in [2.75, 3.05) is 5.73 Å². The summed E-state index contributed by atoms with van der Waals surface area (Å²) in [4.78, 5) is 22.5. The third-order valence-corrected chi connectivity index (χ3v) is 4.81. The lowest BCUT2D eigenvalue weighted by molar-refractivity contribution is 0.523. The van der Waals surface area contributed by atoms with Crippen LogP contribution in [-0.4, -0.2) is 19.5 Å². The van der Waals surface area contributed by atoms with E-state index in [4.69, 9.17) is 17.3 Å². The van der Waals surface area contributed by atoms with Crippen LogP contribution in [0, 0.1) is 0 Å². The molecule has 0 aliphatic heterocycles. The number of nitrogens with one attached hydrogen (secondary N) is 1. The molecule has 118 valence electrons. The van der Waals surface area contributed by atoms with Crippen molar-refractivity contribution in [3.8, 4) is 0 Å². The second kappa shape index (κ2) is 5.38. The van der Waals surface area contributed by atoms with Gasteiger partial charge in [0.05, 0.1) is 5.39 Å². The standard InChI is InChI=1S/C16H16ClN5O/c17-16-20-14(18)12-4-6-22(15(12)21-16)11-2-1-9(7-11)10-3-5-19-13(23)8-10/h3-6,8-9,11H,1-2,7H2,(H,19,23)(H2,18,20,21). The van der Waals surface area contributed by atoms with Crippen molar-refractivity contribution >= 4 is 28.5 Å². The second-order valence-corrected chi connectivity index (χ2v) is 6.33. The molecule has 3 aromatic rings. The Morgan fingerprint density at radius 2 is 2.17 bits per heavy atom. The minimum Gasteiger partial charge on any atom is -0.383 e. The molecule has 4 rings (SSSR count). The molecule has 23 heavy (non-hydrogen) atoms. The van der Waals surface area contributed by atoms with Gasteiger partial charge in [0, 0.05) is 24.5 Å². The van der Waals surface area contributed by atoms with Gasteiger partial charge in [0.1, 0.15) is 11.5 Å². The van der Waals surface area contributed by atoms with Crippen LogP contribution in [-0.2, 0) is 0 Å². The molecule has 0 amide bonds. The summed E-state index contributed by atoms with van der Waals surface area (Å²) < 4.78 is 2.13. The SMILES string of the molecule is Nc1nc(Cl)nc2c1ccn2C1CCC(c2cc[nH]c(=O)c2)C1. The summed E-state index contributed by atoms with van der Waals surface area (Å²) in [5, 5.41) is 0.994. The van der Waals surface area contributed by atoms with Crippen molar-refractivity contribution < 1.29 is 0 Å². The van der Waals surface area contributed by atoms with E-state index in [1.165, 1.54) is 0 Å². The number of H-pyrrole nitrogens is 1. The highest BCUT2D eigenvalue weighted by Crippen LogP contribution is 2.42. The number of hydrogen-bond acceptors (Lipinski definition) is 4. The fourth-order valence-electron chi connectivity index (χ4n) is 3.55. The number of nitrogen functional groups attached to an aromatic ring is 1. The van der Waals surface area contributed by atoms with E-state index in [-0.39, 0.29) is 10.8 Å². The average molecular weight is 330 g/mol. The topological polar surface area (TPSA) is 89.6 Å². The van der Waals surface area contributed by atoms with E-state index in [1.54, 1.807) is 12.3 Å². The molecular formula is C16H16ClN5O. The zero-order valence-electron chi connectivity index (χ0n) is 12.4. The van der Waals surface area contributed by atoms with Gasteiger partial charge in [-0.15, -0.1) is 0 Å². The smallest absolute Gasteiger partial charge is 0.248 e. The van der Waals surface area contributed by atoms with Crippen molar-refractivity contribution in [2.45, 2.75) is 31.2 Å². The molecule has 0 bridgehead atoms. The Balaban J connectivity index is 1.67. The van der Waals surface area contributed by atoms with Gasteiger partial charge in [0.25, 0.3) is 0 Å². The second-order valence-electron chi connectivity index (χ2n) is 5.99. The summed E-state index contributed by atoms with van der Waals surface area (Å²) in [5.41, 5.74) is 7.74. The number of hydrogen-bond donors (Lipinski definition) is 2. The molecule has 1 aliphatic rings. The molecule has 0 spiro atoms. The fraction of sp³-hybridized carbons (Fsp3) is 0.312. The number of halogens is 1. The van der Waals surface area contributed by atoms with E-state index >= 15 is 0 Å². The van der Waals surface area contributed by atoms with E-state index in [9.17, 15) is 4.79 Å². The maximum atomic E-state index is 11.5. The number of anilines is 1. The lowest BCUT2D eigenvalue weighted by Gasteiger charge is -2.14. The summed E-state index contributed by atoms with van der Waals surface area (Å²) in [6.07, 6.45) is 6.75. The summed E-state index contributed by atoms with van der Waals surface area (Å²) in [5.74, 6) is 0.789. The lowest BCUT2D eigenvalue weighted by atomic mass is 9.99. The lowest BCUT2D eigenvalue weighted by Crippen LogP contribution is -2.08. The molecular weight excluding hydrogens is 314 g/mol. The van der Waals surface area contributed by atoms with Gasteiger partial charge >= 0.3 is 0 Å². The first-order chi connectivity index (χ1) is 11.1. The van der Waals surface area contributed by atoms with E-state index < -0.39 is 0 Å². The van der Waals surface area contributed by atoms with Crippen molar-refractivity contribution in [1.29, 1.82) is 0 Å². The molecule has 1 fully saturated rings. The third-order valence-electron chi connectivity index (χ3n) is 4.64. The van der Waals surface area contributed by atoms with Gasteiger partial charge in [-0.05, 0) is 54.5 Å². The molecule has 3 heterocycles. The van der Waals surface area contributed by atoms with Crippen LogP contribution in [0.1, 0.15) is 36.8 Å². The minimum atomic E-state index is -0.0512. The number of nitrogens with two attached hydrogens (primary N) is 1. The van der Waals surface area contributed by atoms with Gasteiger partial charge in [-0.1, -0.05) is 0 Å². The molecule has 2 atom stereocenters. The largest absolute Gasteiger partial charge is 0.383 e. The number of aromatic amines is 1. The van der Waals surface area contributed by atoms with Crippen molar-refractivity contribution in [1.82, 2.24) is 19.5 Å². The number of nitrogens with zero attached hydrogens (tertiary/aromatic N) is 3. The van der Waals surface area contributed by atoms with Gasteiger partial charge in [-0.25, -0.2) is 4.98 Å². The van der Waals surface area contributed by atoms with Crippen LogP contribution in [0.25, 0.3) is 11.0 Å². The monoisotopic (exact) mass is 329 g/mol. The Morgan fingerprint density at radius 1 is 1.30 bits per heavy atom. The average Bonchev–Trinajstić information content (AvgIpc) is 3.13. The third kappa shape index (κ3) is 2.49. The van der Waals surface area contributed by atoms with Crippen molar-refractivity contribution in [3.63, 3.8) is 0 Å². The van der Waals surface area contributed by atoms with Crippen molar-refractivity contribution in [3.05, 3.63) is 51.8 Å². The summed E-state index contributed by atoms with van der Waals surface area (Å²) in [6.45, 7) is 0. The van der Waals surface area contributed by atoms with Crippen LogP contribution in [0.2, 0.25) is 5.28 Å². The first-order valence-corrected chi connectivity index (χ1v) is 7.98. The van der Waals surface area contributed by atoms with Crippen LogP contribution in [0.15, 0.2) is 35.4 Å². The van der Waals surface area contributed by atoms with Crippen LogP contribution in [0.4, 0.5) is 5.82 Å². The summed E-state index contributed by atoms with van der Waals surface area (Å²) >= 11 is 5.95. The van der Waals surface area contributed by atoms with Gasteiger partial charge in [0.2, 0.25) is 10.8 Å². The highest BCUT2D eigenvalue weighted by atomic mass is 35.5. The Kier molecular flexibility index (Phi) is 3.34. The normalized spacial score (nSPS) is 21.1. The number of rotatable bonds is 2. The molecule has 0 saturated heterocycles. The van der Waals surface area contributed by atoms with Crippen LogP contribution >= 0.6 is 11.6 Å². The highest BCUT2D eigenvalue weighted by molar-refractivity contribution is 6.28. The van der Waals surface area contributed by atoms with E-state index in [0.29, 0.717) is 17.8 Å². The Labute approximate surface area is 137 Å². The number of aromatic nitrogens is 4. The van der Waals surface area contributed by atoms with Gasteiger partial charge in [-0.2, -0.15) is 4.98 Å². The van der Waals surface area contributed by atoms with E-state index in [1.807, 2.05) is 18.3 Å². The maximum absolute atomic E-state index is 11.5. The first-order valence-electron chi connectivity index (χ1n) is 7.60. The molecule has 1 saturated carbocycles.